The largest absolute Gasteiger partial charge is 0.507 e. The standard InChI is InChI=1S/C16H16N2O3S/c1-2-7-13-8-6-9-14(16(13)19)12-17-18-22(20,21)15-10-4-3-5-11-15/h2-6,8-12,18-19H,1,7H2/b17-12+. The normalized spacial score (nSPS) is 11.5. The van der Waals surface area contributed by atoms with E-state index >= 15 is 0 Å². The first-order chi connectivity index (χ1) is 10.5. The zero-order valence-electron chi connectivity index (χ0n) is 11.8. The SMILES string of the molecule is C=CCc1cccc(/C=N/NS(=O)(=O)c2ccccc2)c1O. The fourth-order valence-corrected chi connectivity index (χ4v) is 2.67. The number of nitrogens with one attached hydrogen (secondary N) is 1. The first-order valence-corrected chi connectivity index (χ1v) is 8.04. The molecular weight excluding hydrogens is 300 g/mol. The van der Waals surface area contributed by atoms with E-state index in [1.54, 1.807) is 42.5 Å². The second-order valence-corrected chi connectivity index (χ2v) is 6.17. The molecule has 0 spiro atoms. The summed E-state index contributed by atoms with van der Waals surface area (Å²) in [6.07, 6.45) is 3.46. The van der Waals surface area contributed by atoms with Gasteiger partial charge in [0.25, 0.3) is 10.0 Å². The van der Waals surface area contributed by atoms with Crippen molar-refractivity contribution >= 4 is 16.2 Å². The molecule has 0 aliphatic carbocycles. The zero-order valence-corrected chi connectivity index (χ0v) is 12.6. The number of aromatic hydroxyl groups is 1. The van der Waals surface area contributed by atoms with Gasteiger partial charge in [-0.1, -0.05) is 36.4 Å². The van der Waals surface area contributed by atoms with Crippen LogP contribution in [0.3, 0.4) is 0 Å². The van der Waals surface area contributed by atoms with Gasteiger partial charge in [-0.15, -0.1) is 6.58 Å². The smallest absolute Gasteiger partial charge is 0.276 e. The molecule has 0 bridgehead atoms. The highest BCUT2D eigenvalue weighted by Gasteiger charge is 2.11. The van der Waals surface area contributed by atoms with Crippen molar-refractivity contribution in [3.05, 3.63) is 72.3 Å². The predicted octanol–water partition coefficient (Wildman–Crippen LogP) is 2.43. The van der Waals surface area contributed by atoms with Crippen LogP contribution in [0.5, 0.6) is 5.75 Å². The number of nitrogens with zero attached hydrogens (tertiary/aromatic N) is 1. The van der Waals surface area contributed by atoms with Gasteiger partial charge in [0.2, 0.25) is 0 Å². The first-order valence-electron chi connectivity index (χ1n) is 6.56. The molecule has 2 rings (SSSR count). The van der Waals surface area contributed by atoms with Gasteiger partial charge in [0.1, 0.15) is 5.75 Å². The third kappa shape index (κ3) is 3.73. The van der Waals surface area contributed by atoms with Crippen molar-refractivity contribution < 1.29 is 13.5 Å². The Morgan fingerprint density at radius 2 is 1.86 bits per heavy atom. The lowest BCUT2D eigenvalue weighted by Crippen LogP contribution is -2.18. The van der Waals surface area contributed by atoms with Gasteiger partial charge < -0.3 is 5.11 Å². The summed E-state index contributed by atoms with van der Waals surface area (Å²) in [6, 6.07) is 13.1. The number of sulfonamides is 1. The molecule has 0 saturated heterocycles. The lowest BCUT2D eigenvalue weighted by molar-refractivity contribution is 0.469. The Hall–Kier alpha value is -2.60. The average Bonchev–Trinajstić information content (AvgIpc) is 2.52. The van der Waals surface area contributed by atoms with Crippen LogP contribution in [-0.2, 0) is 16.4 Å². The molecule has 2 N–H and O–H groups in total. The summed E-state index contributed by atoms with van der Waals surface area (Å²) in [5.41, 5.74) is 1.12. The van der Waals surface area contributed by atoms with Crippen LogP contribution in [0.2, 0.25) is 0 Å². The van der Waals surface area contributed by atoms with E-state index in [2.05, 4.69) is 16.5 Å². The highest BCUT2D eigenvalue weighted by atomic mass is 32.2. The van der Waals surface area contributed by atoms with Gasteiger partial charge in [0.15, 0.2) is 0 Å². The molecule has 0 unspecified atom stereocenters. The van der Waals surface area contributed by atoms with Crippen LogP contribution in [0.4, 0.5) is 0 Å². The summed E-state index contributed by atoms with van der Waals surface area (Å²) >= 11 is 0. The monoisotopic (exact) mass is 316 g/mol. The van der Waals surface area contributed by atoms with E-state index in [0.29, 0.717) is 17.5 Å². The van der Waals surface area contributed by atoms with Crippen LogP contribution in [0.15, 0.2) is 71.2 Å². The van der Waals surface area contributed by atoms with Crippen molar-refractivity contribution in [1.29, 1.82) is 0 Å². The lowest BCUT2D eigenvalue weighted by Gasteiger charge is -2.05. The molecular formula is C16H16N2O3S. The van der Waals surface area contributed by atoms with E-state index in [0.717, 1.165) is 0 Å². The maximum absolute atomic E-state index is 12.0. The molecule has 22 heavy (non-hydrogen) atoms. The molecule has 0 aliphatic heterocycles. The summed E-state index contributed by atoms with van der Waals surface area (Å²) in [4.78, 5) is 2.23. The number of hydrogen-bond acceptors (Lipinski definition) is 4. The van der Waals surface area contributed by atoms with Crippen molar-refractivity contribution in [2.45, 2.75) is 11.3 Å². The third-order valence-corrected chi connectivity index (χ3v) is 4.18. The molecule has 6 heteroatoms. The summed E-state index contributed by atoms with van der Waals surface area (Å²) < 4.78 is 24.0. The van der Waals surface area contributed by atoms with E-state index < -0.39 is 10.0 Å². The summed E-state index contributed by atoms with van der Waals surface area (Å²) in [5.74, 6) is 0.0602. The predicted molar refractivity (Wildman–Crippen MR) is 86.4 cm³/mol. The number of allylic oxidation sites excluding steroid dienone is 1. The van der Waals surface area contributed by atoms with Gasteiger partial charge in [-0.25, -0.2) is 4.83 Å². The minimum Gasteiger partial charge on any atom is -0.507 e. The van der Waals surface area contributed by atoms with Gasteiger partial charge in [0.05, 0.1) is 11.1 Å². The maximum atomic E-state index is 12.0. The Morgan fingerprint density at radius 3 is 2.55 bits per heavy atom. The molecule has 0 amide bonds. The Bertz CT molecular complexity index is 784. The van der Waals surface area contributed by atoms with E-state index in [-0.39, 0.29) is 10.6 Å². The molecule has 0 heterocycles. The summed E-state index contributed by atoms with van der Waals surface area (Å²) in [7, 11) is -3.71. The Balaban J connectivity index is 2.17. The Morgan fingerprint density at radius 1 is 1.14 bits per heavy atom. The fraction of sp³-hybridized carbons (Fsp3) is 0.0625. The van der Waals surface area contributed by atoms with Crippen LogP contribution in [0, 0.1) is 0 Å². The second-order valence-electron chi connectivity index (χ2n) is 4.51. The lowest BCUT2D eigenvalue weighted by atomic mass is 10.1. The number of phenolic OH excluding ortho intramolecular Hbond substituents is 1. The van der Waals surface area contributed by atoms with E-state index in [1.807, 2.05) is 0 Å². The van der Waals surface area contributed by atoms with Crippen LogP contribution in [0.25, 0.3) is 0 Å². The number of rotatable bonds is 6. The van der Waals surface area contributed by atoms with Crippen LogP contribution >= 0.6 is 0 Å². The molecule has 5 nitrogen and oxygen atoms in total. The molecule has 0 saturated carbocycles. The van der Waals surface area contributed by atoms with Gasteiger partial charge in [-0.2, -0.15) is 13.5 Å². The Labute approximate surface area is 129 Å². The molecule has 2 aromatic rings. The average molecular weight is 316 g/mol. The van der Waals surface area contributed by atoms with Gasteiger partial charge in [-0.3, -0.25) is 0 Å². The maximum Gasteiger partial charge on any atom is 0.276 e. The van der Waals surface area contributed by atoms with Crippen LogP contribution < -0.4 is 4.83 Å². The summed E-state index contributed by atoms with van der Waals surface area (Å²) in [6.45, 7) is 3.62. The van der Waals surface area contributed by atoms with Gasteiger partial charge in [0, 0.05) is 5.56 Å². The quantitative estimate of drug-likeness (QED) is 0.488. The van der Waals surface area contributed by atoms with E-state index in [4.69, 9.17) is 0 Å². The molecule has 0 radical (unpaired) electrons. The van der Waals surface area contributed by atoms with Crippen molar-refractivity contribution in [3.63, 3.8) is 0 Å². The molecule has 2 aromatic carbocycles. The molecule has 0 fully saturated rings. The number of benzene rings is 2. The number of phenols is 1. The number of hydrazone groups is 1. The zero-order chi connectivity index (χ0) is 16.0. The van der Waals surface area contributed by atoms with Crippen LogP contribution in [-0.4, -0.2) is 19.7 Å². The summed E-state index contributed by atoms with van der Waals surface area (Å²) in [5, 5.41) is 13.8. The number of para-hydroxylation sites is 1. The van der Waals surface area contributed by atoms with E-state index in [9.17, 15) is 13.5 Å². The minimum absolute atomic E-state index is 0.0602. The molecule has 0 aromatic heterocycles. The van der Waals surface area contributed by atoms with Gasteiger partial charge in [-0.05, 0) is 30.2 Å². The molecule has 114 valence electrons. The van der Waals surface area contributed by atoms with Crippen molar-refractivity contribution in [2.75, 3.05) is 0 Å². The first kappa shape index (κ1) is 15.8. The van der Waals surface area contributed by atoms with Crippen LogP contribution in [0.1, 0.15) is 11.1 Å². The third-order valence-electron chi connectivity index (χ3n) is 2.95. The minimum atomic E-state index is -3.71. The highest BCUT2D eigenvalue weighted by molar-refractivity contribution is 7.89. The Kier molecular flexibility index (Phi) is 4.95. The topological polar surface area (TPSA) is 78.8 Å². The number of hydrogen-bond donors (Lipinski definition) is 2. The second kappa shape index (κ2) is 6.91. The fourth-order valence-electron chi connectivity index (χ4n) is 1.85. The molecule has 0 aliphatic rings. The van der Waals surface area contributed by atoms with Crippen molar-refractivity contribution in [1.82, 2.24) is 4.83 Å². The van der Waals surface area contributed by atoms with Crippen molar-refractivity contribution in [3.8, 4) is 5.75 Å². The van der Waals surface area contributed by atoms with Gasteiger partial charge >= 0.3 is 0 Å². The van der Waals surface area contributed by atoms with Crippen molar-refractivity contribution in [2.24, 2.45) is 5.10 Å². The molecule has 0 atom stereocenters. The van der Waals surface area contributed by atoms with E-state index in [1.165, 1.54) is 18.3 Å². The highest BCUT2D eigenvalue weighted by Crippen LogP contribution is 2.21.